The number of fused-ring (bicyclic) bond motifs is 6. The maximum Gasteiger partial charge on any atom is 0.175 e. The monoisotopic (exact) mass is 610 g/mol. The van der Waals surface area contributed by atoms with Crippen LogP contribution in [0.25, 0.3) is 66.1 Å². The van der Waals surface area contributed by atoms with E-state index >= 15 is 4.57 Å². The number of nitrogens with one attached hydrogen (secondary N) is 2. The highest BCUT2D eigenvalue weighted by atomic mass is 31.2. The number of H-pyrrole nitrogens is 2. The van der Waals surface area contributed by atoms with E-state index in [1.54, 1.807) is 12.4 Å². The summed E-state index contributed by atoms with van der Waals surface area (Å²) in [4.78, 5) is 17.2. The standard InChI is InChI=1S/C40H27N4OP/c45-46(26-12-2-1-3-13-26,35-22-10-24-41-39(35)31-18-8-16-29-27-14-4-6-20-33(27)43-37(29)31)36-23-11-25-42-40(36)32-19-9-17-30-28-15-5-7-21-34(28)44-38(30)32/h1-25,43-44H. The van der Waals surface area contributed by atoms with Crippen molar-refractivity contribution in [2.45, 2.75) is 0 Å². The second-order valence-electron chi connectivity index (χ2n) is 11.5. The van der Waals surface area contributed by atoms with Crippen molar-refractivity contribution in [3.8, 4) is 22.5 Å². The van der Waals surface area contributed by atoms with Crippen molar-refractivity contribution >= 4 is 66.7 Å². The summed E-state index contributed by atoms with van der Waals surface area (Å²) < 4.78 is 16.3. The van der Waals surface area contributed by atoms with E-state index in [9.17, 15) is 0 Å². The molecule has 0 radical (unpaired) electrons. The highest BCUT2D eigenvalue weighted by molar-refractivity contribution is 7.85. The van der Waals surface area contributed by atoms with Crippen molar-refractivity contribution < 1.29 is 4.57 Å². The first-order valence-electron chi connectivity index (χ1n) is 15.3. The minimum Gasteiger partial charge on any atom is -0.354 e. The Morgan fingerprint density at radius 3 is 1.41 bits per heavy atom. The zero-order valence-electron chi connectivity index (χ0n) is 24.7. The molecular formula is C40H27N4OP. The van der Waals surface area contributed by atoms with E-state index in [2.05, 4.69) is 82.8 Å². The van der Waals surface area contributed by atoms with E-state index in [0.29, 0.717) is 22.0 Å². The molecule has 0 saturated carbocycles. The quantitative estimate of drug-likeness (QED) is 0.192. The van der Waals surface area contributed by atoms with Gasteiger partial charge in [0.05, 0.1) is 22.4 Å². The molecule has 218 valence electrons. The molecule has 4 heterocycles. The van der Waals surface area contributed by atoms with Crippen LogP contribution < -0.4 is 15.9 Å². The van der Waals surface area contributed by atoms with Gasteiger partial charge in [-0.05, 0) is 36.4 Å². The molecule has 5 aromatic carbocycles. The molecule has 4 aromatic heterocycles. The van der Waals surface area contributed by atoms with Crippen LogP contribution in [0.3, 0.4) is 0 Å². The first-order valence-corrected chi connectivity index (χ1v) is 17.0. The Morgan fingerprint density at radius 1 is 0.435 bits per heavy atom. The van der Waals surface area contributed by atoms with Crippen molar-refractivity contribution in [3.63, 3.8) is 0 Å². The van der Waals surface area contributed by atoms with Crippen molar-refractivity contribution in [2.24, 2.45) is 0 Å². The molecule has 0 saturated heterocycles. The fourth-order valence-corrected chi connectivity index (χ4v) is 9.86. The number of nitrogens with zero attached hydrogens (tertiary/aromatic N) is 2. The number of hydrogen-bond donors (Lipinski definition) is 2. The van der Waals surface area contributed by atoms with Gasteiger partial charge in [-0.25, -0.2) is 0 Å². The van der Waals surface area contributed by atoms with Gasteiger partial charge in [0.15, 0.2) is 7.14 Å². The second kappa shape index (κ2) is 10.4. The lowest BCUT2D eigenvalue weighted by Crippen LogP contribution is -2.28. The zero-order valence-corrected chi connectivity index (χ0v) is 25.6. The first-order chi connectivity index (χ1) is 22.7. The van der Waals surface area contributed by atoms with Crippen LogP contribution in [0.4, 0.5) is 0 Å². The maximum absolute atomic E-state index is 16.3. The Bertz CT molecular complexity index is 2480. The topological polar surface area (TPSA) is 74.4 Å². The third-order valence-corrected chi connectivity index (χ3v) is 12.1. The van der Waals surface area contributed by atoms with E-state index < -0.39 is 7.14 Å². The van der Waals surface area contributed by atoms with Crippen LogP contribution in [0, 0.1) is 0 Å². The lowest BCUT2D eigenvalue weighted by molar-refractivity contribution is 0.592. The minimum atomic E-state index is -3.56. The van der Waals surface area contributed by atoms with Crippen LogP contribution in [0.5, 0.6) is 0 Å². The van der Waals surface area contributed by atoms with Gasteiger partial charge in [-0.15, -0.1) is 0 Å². The summed E-state index contributed by atoms with van der Waals surface area (Å²) in [5, 5.41) is 6.56. The van der Waals surface area contributed by atoms with E-state index in [4.69, 9.17) is 9.97 Å². The molecular weight excluding hydrogens is 583 g/mol. The predicted octanol–water partition coefficient (Wildman–Crippen LogP) is 8.72. The predicted molar refractivity (Wildman–Crippen MR) is 191 cm³/mol. The number of aromatic nitrogens is 4. The lowest BCUT2D eigenvalue weighted by atomic mass is 10.1. The summed E-state index contributed by atoms with van der Waals surface area (Å²) in [5.74, 6) is 0. The van der Waals surface area contributed by atoms with Crippen LogP contribution >= 0.6 is 7.14 Å². The molecule has 2 N–H and O–H groups in total. The van der Waals surface area contributed by atoms with Gasteiger partial charge >= 0.3 is 0 Å². The van der Waals surface area contributed by atoms with Crippen molar-refractivity contribution in [2.75, 3.05) is 0 Å². The molecule has 0 aliphatic rings. The number of aromatic amines is 2. The summed E-state index contributed by atoms with van der Waals surface area (Å²) in [6, 6.07) is 46.5. The molecule has 0 aliphatic carbocycles. The van der Waals surface area contributed by atoms with Crippen LogP contribution in [0.2, 0.25) is 0 Å². The molecule has 0 fully saturated rings. The zero-order chi connectivity index (χ0) is 30.7. The number of rotatable bonds is 5. The number of benzene rings is 5. The SMILES string of the molecule is O=P(c1ccccc1)(c1cccnc1-c1cccc2c1[nH]c1ccccc12)c1cccnc1-c1cccc2c1[nH]c1ccccc12. The molecule has 5 nitrogen and oxygen atoms in total. The fourth-order valence-electron chi connectivity index (χ4n) is 6.90. The van der Waals surface area contributed by atoms with E-state index in [1.807, 2.05) is 66.7 Å². The molecule has 46 heavy (non-hydrogen) atoms. The highest BCUT2D eigenvalue weighted by Crippen LogP contribution is 2.48. The van der Waals surface area contributed by atoms with Gasteiger partial charge in [0.25, 0.3) is 0 Å². The normalized spacial score (nSPS) is 12.0. The van der Waals surface area contributed by atoms with E-state index in [-0.39, 0.29) is 0 Å². The molecule has 6 heteroatoms. The summed E-state index contributed by atoms with van der Waals surface area (Å²) >= 11 is 0. The molecule has 0 amide bonds. The average molecular weight is 611 g/mol. The Hall–Kier alpha value is -5.77. The van der Waals surface area contributed by atoms with Crippen molar-refractivity contribution in [3.05, 3.63) is 152 Å². The molecule has 9 aromatic rings. The van der Waals surface area contributed by atoms with Crippen LogP contribution in [0.15, 0.2) is 152 Å². The Labute approximate surface area is 265 Å². The minimum absolute atomic E-state index is 0.672. The molecule has 0 unspecified atom stereocenters. The Morgan fingerprint density at radius 2 is 0.891 bits per heavy atom. The van der Waals surface area contributed by atoms with E-state index in [1.165, 1.54) is 0 Å². The molecule has 0 aliphatic heterocycles. The van der Waals surface area contributed by atoms with Gasteiger partial charge in [-0.2, -0.15) is 0 Å². The summed E-state index contributed by atoms with van der Waals surface area (Å²) in [6.07, 6.45) is 3.57. The average Bonchev–Trinajstić information content (AvgIpc) is 3.70. The molecule has 0 atom stereocenters. The van der Waals surface area contributed by atoms with Gasteiger partial charge in [0.1, 0.15) is 0 Å². The number of pyridine rings is 2. The van der Waals surface area contributed by atoms with Gasteiger partial charge in [0, 0.05) is 72.0 Å². The fraction of sp³-hybridized carbons (Fsp3) is 0. The van der Waals surface area contributed by atoms with Gasteiger partial charge in [-0.3, -0.25) is 9.97 Å². The van der Waals surface area contributed by atoms with Crippen LogP contribution in [0.1, 0.15) is 0 Å². The van der Waals surface area contributed by atoms with Gasteiger partial charge < -0.3 is 14.5 Å². The van der Waals surface area contributed by atoms with Crippen LogP contribution in [-0.4, -0.2) is 19.9 Å². The largest absolute Gasteiger partial charge is 0.354 e. The summed E-state index contributed by atoms with van der Waals surface area (Å²) in [6.45, 7) is 0. The number of hydrogen-bond acceptors (Lipinski definition) is 3. The summed E-state index contributed by atoms with van der Waals surface area (Å²) in [5.41, 5.74) is 7.22. The van der Waals surface area contributed by atoms with Gasteiger partial charge in [-0.1, -0.05) is 103 Å². The van der Waals surface area contributed by atoms with Crippen LogP contribution in [-0.2, 0) is 4.57 Å². The molecule has 0 spiro atoms. The summed E-state index contributed by atoms with van der Waals surface area (Å²) in [7, 11) is -3.56. The third-order valence-electron chi connectivity index (χ3n) is 8.96. The van der Waals surface area contributed by atoms with Gasteiger partial charge in [0.2, 0.25) is 0 Å². The smallest absolute Gasteiger partial charge is 0.175 e. The Balaban J connectivity index is 1.35. The highest BCUT2D eigenvalue weighted by Gasteiger charge is 2.36. The lowest BCUT2D eigenvalue weighted by Gasteiger charge is -2.24. The number of para-hydroxylation sites is 4. The first kappa shape index (κ1) is 26.6. The second-order valence-corrected chi connectivity index (χ2v) is 14.2. The van der Waals surface area contributed by atoms with Crippen molar-refractivity contribution in [1.82, 2.24) is 19.9 Å². The molecule has 9 rings (SSSR count). The molecule has 0 bridgehead atoms. The van der Waals surface area contributed by atoms with E-state index in [0.717, 1.165) is 60.0 Å². The Kier molecular flexibility index (Phi) is 6.02. The van der Waals surface area contributed by atoms with Crippen molar-refractivity contribution in [1.29, 1.82) is 0 Å². The maximum atomic E-state index is 16.3. The third kappa shape index (κ3) is 3.92.